The van der Waals surface area contributed by atoms with Crippen LogP contribution in [0.1, 0.15) is 35.0 Å². The summed E-state index contributed by atoms with van der Waals surface area (Å²) in [7, 11) is 0. The van der Waals surface area contributed by atoms with Gasteiger partial charge < -0.3 is 9.72 Å². The summed E-state index contributed by atoms with van der Waals surface area (Å²) in [5, 5.41) is 1.95. The topological polar surface area (TPSA) is 37.9 Å². The molecule has 0 spiro atoms. The average Bonchev–Trinajstić information content (AvgIpc) is 3.31. The second-order valence-corrected chi connectivity index (χ2v) is 8.56. The summed E-state index contributed by atoms with van der Waals surface area (Å²) in [5.41, 5.74) is 3.31. The number of rotatable bonds is 7. The van der Waals surface area contributed by atoms with E-state index in [9.17, 15) is 13.2 Å². The van der Waals surface area contributed by atoms with E-state index in [1.54, 1.807) is 0 Å². The number of thiazole rings is 1. The zero-order valence-corrected chi connectivity index (χ0v) is 18.2. The van der Waals surface area contributed by atoms with E-state index >= 15 is 0 Å². The van der Waals surface area contributed by atoms with Crippen molar-refractivity contribution in [1.29, 1.82) is 0 Å². The molecule has 0 unspecified atom stereocenters. The number of hydrogen-bond acceptors (Lipinski definition) is 3. The van der Waals surface area contributed by atoms with Crippen LogP contribution >= 0.6 is 11.3 Å². The molecule has 4 rings (SSSR count). The first-order valence-electron chi connectivity index (χ1n) is 10.2. The van der Waals surface area contributed by atoms with E-state index in [0.717, 1.165) is 51.8 Å². The Morgan fingerprint density at radius 2 is 1.84 bits per heavy atom. The van der Waals surface area contributed by atoms with E-state index in [2.05, 4.69) is 29.2 Å². The number of benzene rings is 2. The lowest BCUT2D eigenvalue weighted by Gasteiger charge is -2.06. The molecular weight excluding hydrogens is 421 g/mol. The standard InChI is InChI=1S/C24H23F3N2OS/c1-3-4-17-14-28-21-13-19(9-10-20(17)21)30-12-11-22-15(2)29-23(31-22)16-5-7-18(8-6-16)24(25,26)27/h5-10,13-14,28H,3-4,11-12H2,1-2H3. The number of nitrogens with zero attached hydrogens (tertiary/aromatic N) is 1. The van der Waals surface area contributed by atoms with E-state index in [4.69, 9.17) is 4.74 Å². The van der Waals surface area contributed by atoms with Gasteiger partial charge in [-0.05, 0) is 43.2 Å². The molecule has 0 saturated heterocycles. The molecule has 0 aliphatic rings. The number of fused-ring (bicyclic) bond motifs is 1. The van der Waals surface area contributed by atoms with E-state index in [-0.39, 0.29) is 0 Å². The van der Waals surface area contributed by atoms with Crippen LogP contribution in [0.2, 0.25) is 0 Å². The minimum Gasteiger partial charge on any atom is -0.493 e. The highest BCUT2D eigenvalue weighted by molar-refractivity contribution is 7.15. The number of H-pyrrole nitrogens is 1. The second-order valence-electron chi connectivity index (χ2n) is 7.47. The summed E-state index contributed by atoms with van der Waals surface area (Å²) >= 11 is 1.49. The monoisotopic (exact) mass is 444 g/mol. The highest BCUT2D eigenvalue weighted by atomic mass is 32.1. The van der Waals surface area contributed by atoms with E-state index in [1.807, 2.05) is 19.1 Å². The number of hydrogen-bond donors (Lipinski definition) is 1. The van der Waals surface area contributed by atoms with Gasteiger partial charge in [0, 0.05) is 40.0 Å². The van der Waals surface area contributed by atoms with Crippen LogP contribution in [0, 0.1) is 6.92 Å². The fourth-order valence-electron chi connectivity index (χ4n) is 3.58. The van der Waals surface area contributed by atoms with Gasteiger partial charge in [-0.2, -0.15) is 13.2 Å². The smallest absolute Gasteiger partial charge is 0.416 e. The molecule has 7 heteroatoms. The minimum absolute atomic E-state index is 0.503. The van der Waals surface area contributed by atoms with Crippen LogP contribution < -0.4 is 4.74 Å². The molecule has 2 aromatic carbocycles. The number of ether oxygens (including phenoxy) is 1. The van der Waals surface area contributed by atoms with Gasteiger partial charge in [0.2, 0.25) is 0 Å². The zero-order chi connectivity index (χ0) is 22.0. The second kappa shape index (κ2) is 8.75. The maximum Gasteiger partial charge on any atom is 0.416 e. The van der Waals surface area contributed by atoms with Gasteiger partial charge in [0.1, 0.15) is 10.8 Å². The van der Waals surface area contributed by atoms with Crippen molar-refractivity contribution in [2.75, 3.05) is 6.61 Å². The highest BCUT2D eigenvalue weighted by Crippen LogP contribution is 2.33. The van der Waals surface area contributed by atoms with Gasteiger partial charge in [-0.15, -0.1) is 11.3 Å². The van der Waals surface area contributed by atoms with Crippen molar-refractivity contribution in [2.45, 2.75) is 39.3 Å². The Labute approximate surface area is 182 Å². The molecule has 2 aromatic heterocycles. The molecule has 0 radical (unpaired) electrons. The normalized spacial score (nSPS) is 11.9. The van der Waals surface area contributed by atoms with Gasteiger partial charge in [-0.3, -0.25) is 0 Å². The number of aryl methyl sites for hydroxylation is 2. The molecular formula is C24H23F3N2OS. The fraction of sp³-hybridized carbons (Fsp3) is 0.292. The van der Waals surface area contributed by atoms with Crippen molar-refractivity contribution in [2.24, 2.45) is 0 Å². The molecule has 4 aromatic rings. The number of nitrogens with one attached hydrogen (secondary N) is 1. The lowest BCUT2D eigenvalue weighted by Crippen LogP contribution is -2.03. The van der Waals surface area contributed by atoms with Crippen molar-refractivity contribution in [1.82, 2.24) is 9.97 Å². The molecule has 0 fully saturated rings. The fourth-order valence-corrected chi connectivity index (χ4v) is 4.63. The zero-order valence-electron chi connectivity index (χ0n) is 17.3. The Morgan fingerprint density at radius 1 is 1.06 bits per heavy atom. The summed E-state index contributed by atoms with van der Waals surface area (Å²) in [6.07, 6.45) is 0.565. The first kappa shape index (κ1) is 21.4. The summed E-state index contributed by atoms with van der Waals surface area (Å²) in [4.78, 5) is 8.91. The van der Waals surface area contributed by atoms with Crippen LogP contribution in [0.4, 0.5) is 13.2 Å². The molecule has 0 bridgehead atoms. The Morgan fingerprint density at radius 3 is 2.55 bits per heavy atom. The Bertz CT molecular complexity index is 1180. The van der Waals surface area contributed by atoms with Gasteiger partial charge in [0.05, 0.1) is 17.9 Å². The number of aromatic nitrogens is 2. The van der Waals surface area contributed by atoms with Crippen molar-refractivity contribution in [3.05, 3.63) is 70.4 Å². The van der Waals surface area contributed by atoms with Crippen LogP contribution in [0.5, 0.6) is 5.75 Å². The molecule has 0 amide bonds. The van der Waals surface area contributed by atoms with Crippen LogP contribution in [0.3, 0.4) is 0 Å². The number of aromatic amines is 1. The molecule has 0 saturated carbocycles. The Kier molecular flexibility index (Phi) is 6.05. The third kappa shape index (κ3) is 4.77. The summed E-state index contributed by atoms with van der Waals surface area (Å²) in [6.45, 7) is 4.59. The van der Waals surface area contributed by atoms with Gasteiger partial charge in [-0.25, -0.2) is 4.98 Å². The SMILES string of the molecule is CCCc1c[nH]c2cc(OCCc3sc(-c4ccc(C(F)(F)F)cc4)nc3C)ccc12. The predicted molar refractivity (Wildman–Crippen MR) is 119 cm³/mol. The molecule has 31 heavy (non-hydrogen) atoms. The molecule has 162 valence electrons. The summed E-state index contributed by atoms with van der Waals surface area (Å²) in [6, 6.07) is 11.2. The van der Waals surface area contributed by atoms with Crippen molar-refractivity contribution in [3.8, 4) is 16.3 Å². The van der Waals surface area contributed by atoms with Crippen LogP contribution in [0.25, 0.3) is 21.5 Å². The van der Waals surface area contributed by atoms with Gasteiger partial charge in [-0.1, -0.05) is 25.5 Å². The predicted octanol–water partition coefficient (Wildman–Crippen LogP) is 7.19. The van der Waals surface area contributed by atoms with E-state index < -0.39 is 11.7 Å². The first-order valence-corrected chi connectivity index (χ1v) is 11.0. The highest BCUT2D eigenvalue weighted by Gasteiger charge is 2.30. The largest absolute Gasteiger partial charge is 0.493 e. The lowest BCUT2D eigenvalue weighted by atomic mass is 10.1. The minimum atomic E-state index is -4.33. The maximum atomic E-state index is 12.8. The molecule has 3 nitrogen and oxygen atoms in total. The molecule has 0 aliphatic heterocycles. The summed E-state index contributed by atoms with van der Waals surface area (Å²) in [5.74, 6) is 0.808. The van der Waals surface area contributed by atoms with E-state index in [1.165, 1.54) is 34.4 Å². The van der Waals surface area contributed by atoms with Crippen LogP contribution in [0.15, 0.2) is 48.7 Å². The van der Waals surface area contributed by atoms with E-state index in [0.29, 0.717) is 18.6 Å². The van der Waals surface area contributed by atoms with Crippen LogP contribution in [-0.2, 0) is 19.0 Å². The number of alkyl halides is 3. The Hall–Kier alpha value is -2.80. The van der Waals surface area contributed by atoms with Gasteiger partial charge >= 0.3 is 6.18 Å². The Balaban J connectivity index is 1.40. The molecule has 1 N–H and O–H groups in total. The number of halogens is 3. The van der Waals surface area contributed by atoms with Crippen molar-refractivity contribution < 1.29 is 17.9 Å². The molecule has 0 aliphatic carbocycles. The van der Waals surface area contributed by atoms with Crippen molar-refractivity contribution in [3.63, 3.8) is 0 Å². The maximum absolute atomic E-state index is 12.8. The third-order valence-corrected chi connectivity index (χ3v) is 6.47. The van der Waals surface area contributed by atoms with Gasteiger partial charge in [0.15, 0.2) is 0 Å². The molecule has 0 atom stereocenters. The lowest BCUT2D eigenvalue weighted by molar-refractivity contribution is -0.137. The molecule has 2 heterocycles. The quantitative estimate of drug-likeness (QED) is 0.327. The average molecular weight is 445 g/mol. The van der Waals surface area contributed by atoms with Crippen LogP contribution in [-0.4, -0.2) is 16.6 Å². The summed E-state index contributed by atoms with van der Waals surface area (Å²) < 4.78 is 44.2. The van der Waals surface area contributed by atoms with Crippen molar-refractivity contribution >= 4 is 22.2 Å². The third-order valence-electron chi connectivity index (χ3n) is 5.21. The first-order chi connectivity index (χ1) is 14.8. The van der Waals surface area contributed by atoms with Gasteiger partial charge in [0.25, 0.3) is 0 Å².